The number of imidazole rings is 1. The smallest absolute Gasteiger partial charge is 0.325 e. The van der Waals surface area contributed by atoms with Gasteiger partial charge in [0, 0.05) is 31.2 Å². The van der Waals surface area contributed by atoms with Crippen LogP contribution in [0.3, 0.4) is 0 Å². The van der Waals surface area contributed by atoms with Gasteiger partial charge in [0.25, 0.3) is 0 Å². The van der Waals surface area contributed by atoms with Crippen LogP contribution < -0.4 is 15.0 Å². The van der Waals surface area contributed by atoms with E-state index in [2.05, 4.69) is 10.3 Å². The van der Waals surface area contributed by atoms with Crippen LogP contribution in [0.4, 0.5) is 10.5 Å². The molecule has 0 bridgehead atoms. The van der Waals surface area contributed by atoms with Crippen LogP contribution in [0.25, 0.3) is 5.65 Å². The second kappa shape index (κ2) is 8.22. The number of aromatic nitrogens is 2. The Hall–Kier alpha value is -3.55. The predicted octanol–water partition coefficient (Wildman–Crippen LogP) is 2.29. The normalized spacial score (nSPS) is 13.9. The number of hydrogen-bond acceptors (Lipinski definition) is 4. The zero-order valence-corrected chi connectivity index (χ0v) is 16.2. The first-order valence-corrected chi connectivity index (χ1v) is 9.62. The first-order valence-electron chi connectivity index (χ1n) is 9.62. The lowest BCUT2D eigenvalue weighted by Crippen LogP contribution is -2.39. The summed E-state index contributed by atoms with van der Waals surface area (Å²) in [4.78, 5) is 32.7. The Balaban J connectivity index is 1.31. The van der Waals surface area contributed by atoms with Crippen LogP contribution in [0.5, 0.6) is 5.75 Å². The van der Waals surface area contributed by atoms with E-state index in [4.69, 9.17) is 4.74 Å². The molecule has 1 aliphatic heterocycles. The molecule has 8 nitrogen and oxygen atoms in total. The number of carbonyl (C=O) groups is 2. The maximum Gasteiger partial charge on any atom is 0.325 e. The Morgan fingerprint density at radius 2 is 2.00 bits per heavy atom. The highest BCUT2D eigenvalue weighted by atomic mass is 16.5. The molecule has 0 radical (unpaired) electrons. The monoisotopic (exact) mass is 393 g/mol. The van der Waals surface area contributed by atoms with E-state index < -0.39 is 0 Å². The largest absolute Gasteiger partial charge is 0.494 e. The molecule has 1 aromatic carbocycles. The summed E-state index contributed by atoms with van der Waals surface area (Å²) in [6, 6.07) is 13.0. The van der Waals surface area contributed by atoms with Gasteiger partial charge in [-0.1, -0.05) is 6.07 Å². The van der Waals surface area contributed by atoms with Gasteiger partial charge in [-0.2, -0.15) is 0 Å². The van der Waals surface area contributed by atoms with Gasteiger partial charge in [0.15, 0.2) is 0 Å². The van der Waals surface area contributed by atoms with Crippen LogP contribution in [0, 0.1) is 0 Å². The van der Waals surface area contributed by atoms with Gasteiger partial charge in [0.05, 0.1) is 18.8 Å². The number of benzene rings is 1. The lowest BCUT2D eigenvalue weighted by molar-refractivity contribution is -0.121. The van der Waals surface area contributed by atoms with Gasteiger partial charge < -0.3 is 19.4 Å². The van der Waals surface area contributed by atoms with Gasteiger partial charge in [0.2, 0.25) is 5.91 Å². The number of hydrogen-bond donors (Lipinski definition) is 1. The number of amides is 3. The molecule has 3 aromatic rings. The third-order valence-corrected chi connectivity index (χ3v) is 4.77. The minimum atomic E-state index is -0.205. The van der Waals surface area contributed by atoms with Gasteiger partial charge in [0.1, 0.15) is 17.9 Å². The Morgan fingerprint density at radius 1 is 1.17 bits per heavy atom. The summed E-state index contributed by atoms with van der Waals surface area (Å²) in [5, 5.41) is 2.84. The van der Waals surface area contributed by atoms with Crippen molar-refractivity contribution in [2.24, 2.45) is 0 Å². The van der Waals surface area contributed by atoms with Crippen molar-refractivity contribution in [1.82, 2.24) is 19.6 Å². The number of rotatable bonds is 7. The first kappa shape index (κ1) is 18.8. The molecule has 1 aliphatic rings. The molecular weight excluding hydrogens is 370 g/mol. The van der Waals surface area contributed by atoms with Gasteiger partial charge in [-0.25, -0.2) is 9.78 Å². The van der Waals surface area contributed by atoms with Crippen LogP contribution in [-0.4, -0.2) is 52.5 Å². The molecule has 0 aliphatic carbocycles. The lowest BCUT2D eigenvalue weighted by atomic mass is 10.3. The molecule has 1 fully saturated rings. The Labute approximate surface area is 168 Å². The van der Waals surface area contributed by atoms with E-state index in [0.717, 1.165) is 22.8 Å². The van der Waals surface area contributed by atoms with Gasteiger partial charge in [-0.05, 0) is 43.3 Å². The van der Waals surface area contributed by atoms with Crippen molar-refractivity contribution < 1.29 is 14.3 Å². The van der Waals surface area contributed by atoms with Crippen molar-refractivity contribution in [2.45, 2.75) is 13.5 Å². The summed E-state index contributed by atoms with van der Waals surface area (Å²) >= 11 is 0. The van der Waals surface area contributed by atoms with Crippen molar-refractivity contribution in [2.75, 3.05) is 31.1 Å². The third-order valence-electron chi connectivity index (χ3n) is 4.77. The lowest BCUT2D eigenvalue weighted by Gasteiger charge is -2.18. The minimum Gasteiger partial charge on any atom is -0.494 e. The van der Waals surface area contributed by atoms with Crippen molar-refractivity contribution in [1.29, 1.82) is 0 Å². The average molecular weight is 393 g/mol. The van der Waals surface area contributed by atoms with Crippen LogP contribution in [0.15, 0.2) is 54.9 Å². The van der Waals surface area contributed by atoms with Crippen LogP contribution in [0.2, 0.25) is 0 Å². The molecule has 4 rings (SSSR count). The van der Waals surface area contributed by atoms with Crippen molar-refractivity contribution in [3.05, 3.63) is 60.6 Å². The topological polar surface area (TPSA) is 79.2 Å². The maximum absolute atomic E-state index is 12.7. The molecule has 3 heterocycles. The molecule has 8 heteroatoms. The number of carbonyl (C=O) groups excluding carboxylic acids is 2. The maximum atomic E-state index is 12.7. The molecule has 0 spiro atoms. The number of nitrogens with zero attached hydrogens (tertiary/aromatic N) is 4. The van der Waals surface area contributed by atoms with Crippen LogP contribution >= 0.6 is 0 Å². The number of urea groups is 1. The zero-order valence-electron chi connectivity index (χ0n) is 16.2. The molecule has 2 aromatic heterocycles. The summed E-state index contributed by atoms with van der Waals surface area (Å²) in [5.41, 5.74) is 2.40. The summed E-state index contributed by atoms with van der Waals surface area (Å²) in [7, 11) is 0. The number of pyridine rings is 1. The molecule has 150 valence electrons. The molecular formula is C21H23N5O3. The summed E-state index contributed by atoms with van der Waals surface area (Å²) in [6.07, 6.45) is 3.79. The molecule has 1 N–H and O–H groups in total. The summed E-state index contributed by atoms with van der Waals surface area (Å²) in [6.45, 7) is 3.93. The molecule has 1 saturated heterocycles. The second-order valence-corrected chi connectivity index (χ2v) is 6.76. The highest BCUT2D eigenvalue weighted by Crippen LogP contribution is 2.23. The summed E-state index contributed by atoms with van der Waals surface area (Å²) < 4.78 is 7.34. The van der Waals surface area contributed by atoms with E-state index >= 15 is 0 Å². The number of nitrogens with one attached hydrogen (secondary N) is 1. The summed E-state index contributed by atoms with van der Waals surface area (Å²) in [5.74, 6) is 0.565. The third kappa shape index (κ3) is 4.16. The predicted molar refractivity (Wildman–Crippen MR) is 109 cm³/mol. The van der Waals surface area contributed by atoms with E-state index in [-0.39, 0.29) is 18.5 Å². The second-order valence-electron chi connectivity index (χ2n) is 6.76. The molecule has 0 saturated carbocycles. The van der Waals surface area contributed by atoms with Crippen molar-refractivity contribution in [3.63, 3.8) is 0 Å². The molecule has 29 heavy (non-hydrogen) atoms. The molecule has 0 atom stereocenters. The number of fused-ring (bicyclic) bond motifs is 1. The fraction of sp³-hybridized carbons (Fsp3) is 0.286. The highest BCUT2D eigenvalue weighted by molar-refractivity contribution is 5.96. The van der Waals surface area contributed by atoms with Crippen LogP contribution in [-0.2, 0) is 11.3 Å². The minimum absolute atomic E-state index is 0.0275. The van der Waals surface area contributed by atoms with Crippen molar-refractivity contribution >= 4 is 23.3 Å². The quantitative estimate of drug-likeness (QED) is 0.668. The SMILES string of the molecule is CCOc1ccc(N2CCN(CC(=O)NCc3cn4ccccc4n3)C2=O)cc1. The van der Waals surface area contributed by atoms with Crippen molar-refractivity contribution in [3.8, 4) is 5.75 Å². The molecule has 3 amide bonds. The van der Waals surface area contributed by atoms with Gasteiger partial charge >= 0.3 is 6.03 Å². The number of anilines is 1. The molecule has 0 unspecified atom stereocenters. The van der Waals surface area contributed by atoms with Gasteiger partial charge in [-0.3, -0.25) is 9.69 Å². The Bertz CT molecular complexity index is 982. The fourth-order valence-electron chi connectivity index (χ4n) is 3.35. The highest BCUT2D eigenvalue weighted by Gasteiger charge is 2.30. The van der Waals surface area contributed by atoms with E-state index in [1.165, 1.54) is 0 Å². The van der Waals surface area contributed by atoms with E-state index in [1.807, 2.05) is 66.2 Å². The standard InChI is InChI=1S/C21H23N5O3/c1-2-29-18-8-6-17(7-9-18)26-12-11-25(21(26)28)15-20(27)22-13-16-14-24-10-4-3-5-19(24)23-16/h3-10,14H,2,11-13,15H2,1H3,(H,22,27). The Kier molecular flexibility index (Phi) is 5.33. The van der Waals surface area contributed by atoms with Gasteiger partial charge in [-0.15, -0.1) is 0 Å². The van der Waals surface area contributed by atoms with E-state index in [1.54, 1.807) is 9.80 Å². The average Bonchev–Trinajstić information content (AvgIpc) is 3.31. The van der Waals surface area contributed by atoms with E-state index in [0.29, 0.717) is 26.2 Å². The zero-order chi connectivity index (χ0) is 20.2. The first-order chi connectivity index (χ1) is 14.1. The van der Waals surface area contributed by atoms with E-state index in [9.17, 15) is 9.59 Å². The Morgan fingerprint density at radius 3 is 2.76 bits per heavy atom. The number of ether oxygens (including phenoxy) is 1. The van der Waals surface area contributed by atoms with Crippen LogP contribution in [0.1, 0.15) is 12.6 Å². The fourth-order valence-corrected chi connectivity index (χ4v) is 3.35.